The Morgan fingerprint density at radius 3 is 2.31 bits per heavy atom. The van der Waals surface area contributed by atoms with Gasteiger partial charge in [-0.3, -0.25) is 4.98 Å². The minimum Gasteiger partial charge on any atom is -0.389 e. The maximum atomic E-state index is 12.8. The number of pyridine rings is 1. The van der Waals surface area contributed by atoms with Gasteiger partial charge in [-0.05, 0) is 24.3 Å². The highest BCUT2D eigenvalue weighted by Gasteiger charge is 2.30. The molecule has 1 saturated heterocycles. The lowest BCUT2D eigenvalue weighted by Crippen LogP contribution is -2.22. The molecule has 4 rings (SSSR count). The number of β-amino-alcohol motifs (C(OH)–C–C–N with tert-alkyl or cyclic N) is 2. The lowest BCUT2D eigenvalue weighted by molar-refractivity contribution is 0.0572. The summed E-state index contributed by atoms with van der Waals surface area (Å²) in [7, 11) is -3.64. The number of aliphatic hydroxyl groups is 2. The molecule has 1 aliphatic rings. The fourth-order valence-corrected chi connectivity index (χ4v) is 4.49. The fraction of sp³-hybridized carbons (Fsp3) is 0.211. The van der Waals surface area contributed by atoms with Crippen LogP contribution in [0.4, 0.5) is 5.69 Å². The third kappa shape index (κ3) is 2.84. The van der Waals surface area contributed by atoms with Gasteiger partial charge in [-0.15, -0.1) is 0 Å². The van der Waals surface area contributed by atoms with Crippen molar-refractivity contribution in [3.8, 4) is 0 Å². The number of nitrogens with zero attached hydrogens (tertiary/aromatic N) is 2. The van der Waals surface area contributed by atoms with Crippen LogP contribution in [0.15, 0.2) is 70.6 Å². The molecule has 0 unspecified atom stereocenters. The summed E-state index contributed by atoms with van der Waals surface area (Å²) in [5, 5.41) is 20.3. The van der Waals surface area contributed by atoms with Crippen molar-refractivity contribution in [3.63, 3.8) is 0 Å². The molecule has 2 aromatic carbocycles. The van der Waals surface area contributed by atoms with E-state index in [9.17, 15) is 18.6 Å². The standard InChI is InChI=1S/C19H18N2O4S/c22-17-11-21(12-18(17)23)16-8-4-5-13-9-15(10-20-19(13)16)26(24,25)14-6-2-1-3-7-14/h1-10,17-18,22-23H,11-12H2/t17-,18-/m0/s1. The van der Waals surface area contributed by atoms with Gasteiger partial charge in [0, 0.05) is 24.7 Å². The van der Waals surface area contributed by atoms with Crippen LogP contribution in [0.1, 0.15) is 0 Å². The molecule has 26 heavy (non-hydrogen) atoms. The van der Waals surface area contributed by atoms with Crippen molar-refractivity contribution >= 4 is 26.4 Å². The van der Waals surface area contributed by atoms with Gasteiger partial charge in [0.1, 0.15) is 0 Å². The zero-order chi connectivity index (χ0) is 18.3. The van der Waals surface area contributed by atoms with Gasteiger partial charge in [-0.2, -0.15) is 0 Å². The van der Waals surface area contributed by atoms with Crippen molar-refractivity contribution in [1.29, 1.82) is 0 Å². The normalized spacial score (nSPS) is 20.6. The van der Waals surface area contributed by atoms with Crippen LogP contribution in [0.5, 0.6) is 0 Å². The highest BCUT2D eigenvalue weighted by atomic mass is 32.2. The average molecular weight is 370 g/mol. The van der Waals surface area contributed by atoms with Crippen LogP contribution < -0.4 is 4.90 Å². The van der Waals surface area contributed by atoms with E-state index in [0.717, 1.165) is 5.69 Å². The minimum atomic E-state index is -3.64. The van der Waals surface area contributed by atoms with Gasteiger partial charge < -0.3 is 15.1 Å². The van der Waals surface area contributed by atoms with Crippen LogP contribution >= 0.6 is 0 Å². The van der Waals surface area contributed by atoms with Crippen LogP contribution in [-0.2, 0) is 9.84 Å². The van der Waals surface area contributed by atoms with Crippen molar-refractivity contribution in [1.82, 2.24) is 4.98 Å². The van der Waals surface area contributed by atoms with E-state index in [1.807, 2.05) is 17.0 Å². The summed E-state index contributed by atoms with van der Waals surface area (Å²) in [6.45, 7) is 0.623. The molecule has 134 valence electrons. The maximum absolute atomic E-state index is 12.8. The topological polar surface area (TPSA) is 90.7 Å². The Balaban J connectivity index is 1.78. The van der Waals surface area contributed by atoms with E-state index in [4.69, 9.17) is 0 Å². The van der Waals surface area contributed by atoms with Crippen LogP contribution in [0, 0.1) is 0 Å². The lowest BCUT2D eigenvalue weighted by atomic mass is 10.2. The van der Waals surface area contributed by atoms with Crippen molar-refractivity contribution in [2.45, 2.75) is 22.0 Å². The van der Waals surface area contributed by atoms with Gasteiger partial charge in [0.2, 0.25) is 9.84 Å². The second-order valence-corrected chi connectivity index (χ2v) is 8.33. The zero-order valence-corrected chi connectivity index (χ0v) is 14.7. The number of aromatic nitrogens is 1. The highest BCUT2D eigenvalue weighted by Crippen LogP contribution is 2.30. The van der Waals surface area contributed by atoms with Crippen LogP contribution in [-0.4, -0.2) is 48.9 Å². The first kappa shape index (κ1) is 17.0. The van der Waals surface area contributed by atoms with Gasteiger partial charge in [0.25, 0.3) is 0 Å². The van der Waals surface area contributed by atoms with Crippen LogP contribution in [0.25, 0.3) is 10.9 Å². The third-order valence-electron chi connectivity index (χ3n) is 4.63. The summed E-state index contributed by atoms with van der Waals surface area (Å²) in [6.07, 6.45) is -0.247. The number of hydrogen-bond acceptors (Lipinski definition) is 6. The van der Waals surface area contributed by atoms with E-state index in [2.05, 4.69) is 4.98 Å². The summed E-state index contributed by atoms with van der Waals surface area (Å²) in [6, 6.07) is 15.3. The van der Waals surface area contributed by atoms with Crippen LogP contribution in [0.3, 0.4) is 0 Å². The number of benzene rings is 2. The Morgan fingerprint density at radius 2 is 1.62 bits per heavy atom. The quantitative estimate of drug-likeness (QED) is 0.728. The van der Waals surface area contributed by atoms with E-state index in [1.54, 1.807) is 42.5 Å². The Labute approximate surface area is 151 Å². The van der Waals surface area contributed by atoms with E-state index >= 15 is 0 Å². The number of para-hydroxylation sites is 1. The molecule has 0 radical (unpaired) electrons. The number of sulfone groups is 1. The molecule has 1 aliphatic heterocycles. The number of aliphatic hydroxyl groups excluding tert-OH is 2. The molecule has 0 saturated carbocycles. The molecule has 6 nitrogen and oxygen atoms in total. The average Bonchev–Trinajstić information content (AvgIpc) is 3.00. The van der Waals surface area contributed by atoms with E-state index in [0.29, 0.717) is 24.0 Å². The molecule has 7 heteroatoms. The first-order valence-electron chi connectivity index (χ1n) is 8.27. The summed E-state index contributed by atoms with van der Waals surface area (Å²) in [5.41, 5.74) is 1.41. The number of fused-ring (bicyclic) bond motifs is 1. The Kier molecular flexibility index (Phi) is 4.14. The SMILES string of the molecule is O=S(=O)(c1ccccc1)c1cnc2c(N3C[C@H](O)[C@@H](O)C3)cccc2c1. The Morgan fingerprint density at radius 1 is 0.923 bits per heavy atom. The Bertz CT molecular complexity index is 1040. The highest BCUT2D eigenvalue weighted by molar-refractivity contribution is 7.91. The smallest absolute Gasteiger partial charge is 0.208 e. The molecule has 0 bridgehead atoms. The fourth-order valence-electron chi connectivity index (χ4n) is 3.23. The second-order valence-electron chi connectivity index (χ2n) is 6.38. The first-order chi connectivity index (χ1) is 12.5. The van der Waals surface area contributed by atoms with Gasteiger partial charge in [0.15, 0.2) is 0 Å². The number of anilines is 1. The van der Waals surface area contributed by atoms with Crippen molar-refractivity contribution in [3.05, 3.63) is 60.8 Å². The number of hydrogen-bond donors (Lipinski definition) is 2. The van der Waals surface area contributed by atoms with E-state index < -0.39 is 22.0 Å². The lowest BCUT2D eigenvalue weighted by Gasteiger charge is -2.19. The summed E-state index contributed by atoms with van der Waals surface area (Å²) >= 11 is 0. The molecule has 0 amide bonds. The van der Waals surface area contributed by atoms with Gasteiger partial charge in [0.05, 0.1) is 33.2 Å². The monoisotopic (exact) mass is 370 g/mol. The molecule has 2 N–H and O–H groups in total. The Hall–Kier alpha value is -2.48. The second kappa shape index (κ2) is 6.35. The molecule has 0 spiro atoms. The third-order valence-corrected chi connectivity index (χ3v) is 6.36. The van der Waals surface area contributed by atoms with Crippen molar-refractivity contribution < 1.29 is 18.6 Å². The van der Waals surface area contributed by atoms with E-state index in [1.165, 1.54) is 6.20 Å². The molecule has 2 atom stereocenters. The molecule has 2 heterocycles. The maximum Gasteiger partial charge on any atom is 0.208 e. The van der Waals surface area contributed by atoms with Crippen LogP contribution in [0.2, 0.25) is 0 Å². The zero-order valence-electron chi connectivity index (χ0n) is 13.9. The predicted molar refractivity (Wildman–Crippen MR) is 97.9 cm³/mol. The molecular weight excluding hydrogens is 352 g/mol. The van der Waals surface area contributed by atoms with Gasteiger partial charge >= 0.3 is 0 Å². The van der Waals surface area contributed by atoms with Crippen molar-refractivity contribution in [2.75, 3.05) is 18.0 Å². The molecule has 1 fully saturated rings. The summed E-state index contributed by atoms with van der Waals surface area (Å²) in [5.74, 6) is 0. The van der Waals surface area contributed by atoms with E-state index in [-0.39, 0.29) is 9.79 Å². The predicted octanol–water partition coefficient (Wildman–Crippen LogP) is 1.61. The van der Waals surface area contributed by atoms with Gasteiger partial charge in [-0.1, -0.05) is 30.3 Å². The summed E-state index contributed by atoms with van der Waals surface area (Å²) in [4.78, 5) is 6.60. The first-order valence-corrected chi connectivity index (χ1v) is 9.75. The molecule has 1 aromatic heterocycles. The molecular formula is C19H18N2O4S. The largest absolute Gasteiger partial charge is 0.389 e. The number of rotatable bonds is 3. The molecule has 0 aliphatic carbocycles. The minimum absolute atomic E-state index is 0.134. The van der Waals surface area contributed by atoms with Crippen molar-refractivity contribution in [2.24, 2.45) is 0 Å². The molecule has 3 aromatic rings. The van der Waals surface area contributed by atoms with Gasteiger partial charge in [-0.25, -0.2) is 8.42 Å². The summed E-state index contributed by atoms with van der Waals surface area (Å²) < 4.78 is 25.6.